The van der Waals surface area contributed by atoms with Crippen LogP contribution in [0.4, 0.5) is 10.7 Å². The Morgan fingerprint density at radius 2 is 2.15 bits per heavy atom. The number of rotatable bonds is 4. The molecule has 0 aliphatic rings. The van der Waals surface area contributed by atoms with Crippen LogP contribution in [0, 0.1) is 11.3 Å². The summed E-state index contributed by atoms with van der Waals surface area (Å²) >= 11 is 1.13. The average Bonchev–Trinajstić information content (AvgIpc) is 2.81. The van der Waals surface area contributed by atoms with Crippen LogP contribution >= 0.6 is 11.3 Å². The van der Waals surface area contributed by atoms with E-state index in [9.17, 15) is 4.79 Å². The zero-order valence-electron chi connectivity index (χ0n) is 10.8. The van der Waals surface area contributed by atoms with Crippen LogP contribution in [0.5, 0.6) is 0 Å². The summed E-state index contributed by atoms with van der Waals surface area (Å²) < 4.78 is 4.65. The first-order valence-electron chi connectivity index (χ1n) is 5.85. The molecule has 1 aromatic heterocycles. The van der Waals surface area contributed by atoms with Gasteiger partial charge in [-0.15, -0.1) is 11.3 Å². The number of anilines is 2. The van der Waals surface area contributed by atoms with E-state index in [2.05, 4.69) is 10.1 Å². The standard InChI is InChI=1S/C14H13N3O2S/c1-19-14(18)12-11(16)10(7-15)13(20-12)17-8-9-5-3-2-4-6-9/h2-6,17H,8,16H2,1H3. The van der Waals surface area contributed by atoms with Crippen molar-refractivity contribution >= 4 is 28.0 Å². The molecule has 0 radical (unpaired) electrons. The van der Waals surface area contributed by atoms with Crippen LogP contribution in [0.25, 0.3) is 0 Å². The molecule has 2 rings (SSSR count). The summed E-state index contributed by atoms with van der Waals surface area (Å²) in [6.07, 6.45) is 0. The molecule has 1 aromatic carbocycles. The zero-order chi connectivity index (χ0) is 14.5. The lowest BCUT2D eigenvalue weighted by Crippen LogP contribution is -2.02. The van der Waals surface area contributed by atoms with E-state index in [0.29, 0.717) is 11.5 Å². The van der Waals surface area contributed by atoms with Gasteiger partial charge in [-0.3, -0.25) is 0 Å². The summed E-state index contributed by atoms with van der Waals surface area (Å²) in [5.74, 6) is -0.531. The Morgan fingerprint density at radius 1 is 1.45 bits per heavy atom. The highest BCUT2D eigenvalue weighted by atomic mass is 32.1. The van der Waals surface area contributed by atoms with Crippen LogP contribution in [-0.2, 0) is 11.3 Å². The molecule has 102 valence electrons. The fraction of sp³-hybridized carbons (Fsp3) is 0.143. The van der Waals surface area contributed by atoms with Gasteiger partial charge >= 0.3 is 5.97 Å². The fourth-order valence-corrected chi connectivity index (χ4v) is 2.69. The molecule has 0 spiro atoms. The van der Waals surface area contributed by atoms with Gasteiger partial charge in [0, 0.05) is 6.54 Å². The second-order valence-electron chi connectivity index (χ2n) is 3.99. The molecule has 2 aromatic rings. The number of nitrogens with two attached hydrogens (primary N) is 1. The smallest absolute Gasteiger partial charge is 0.350 e. The summed E-state index contributed by atoms with van der Waals surface area (Å²) in [5.41, 5.74) is 7.33. The molecule has 0 aliphatic heterocycles. The van der Waals surface area contributed by atoms with Gasteiger partial charge in [-0.2, -0.15) is 5.26 Å². The highest BCUT2D eigenvalue weighted by Gasteiger charge is 2.21. The van der Waals surface area contributed by atoms with Crippen molar-refractivity contribution in [3.63, 3.8) is 0 Å². The molecule has 0 saturated heterocycles. The second kappa shape index (κ2) is 6.08. The summed E-state index contributed by atoms with van der Waals surface area (Å²) in [6.45, 7) is 0.552. The molecule has 0 amide bonds. The summed E-state index contributed by atoms with van der Waals surface area (Å²) in [6, 6.07) is 11.8. The third kappa shape index (κ3) is 2.73. The minimum atomic E-state index is -0.531. The van der Waals surface area contributed by atoms with Gasteiger partial charge in [-0.25, -0.2) is 4.79 Å². The van der Waals surface area contributed by atoms with E-state index in [1.54, 1.807) is 0 Å². The third-order valence-corrected chi connectivity index (χ3v) is 3.87. The molecule has 0 atom stereocenters. The topological polar surface area (TPSA) is 88.1 Å². The Kier molecular flexibility index (Phi) is 4.23. The Morgan fingerprint density at radius 3 is 2.75 bits per heavy atom. The van der Waals surface area contributed by atoms with Crippen molar-refractivity contribution in [2.45, 2.75) is 6.54 Å². The SMILES string of the molecule is COC(=O)c1sc(NCc2ccccc2)c(C#N)c1N. The first kappa shape index (κ1) is 13.9. The van der Waals surface area contributed by atoms with Crippen molar-refractivity contribution < 1.29 is 9.53 Å². The second-order valence-corrected chi connectivity index (χ2v) is 5.01. The number of benzene rings is 1. The molecular formula is C14H13N3O2S. The first-order chi connectivity index (χ1) is 9.67. The van der Waals surface area contributed by atoms with Crippen molar-refractivity contribution in [2.75, 3.05) is 18.2 Å². The largest absolute Gasteiger partial charge is 0.465 e. The minimum Gasteiger partial charge on any atom is -0.465 e. The lowest BCUT2D eigenvalue weighted by Gasteiger charge is -2.04. The average molecular weight is 287 g/mol. The molecule has 1 heterocycles. The zero-order valence-corrected chi connectivity index (χ0v) is 11.7. The van der Waals surface area contributed by atoms with Gasteiger partial charge in [0.05, 0.1) is 12.8 Å². The molecule has 20 heavy (non-hydrogen) atoms. The molecular weight excluding hydrogens is 274 g/mol. The number of ether oxygens (including phenoxy) is 1. The Balaban J connectivity index is 2.24. The summed E-state index contributed by atoms with van der Waals surface area (Å²) in [4.78, 5) is 11.8. The van der Waals surface area contributed by atoms with E-state index < -0.39 is 5.97 Å². The predicted octanol–water partition coefficient (Wildman–Crippen LogP) is 2.60. The Bertz CT molecular complexity index is 659. The molecule has 0 aliphatic carbocycles. The normalized spacial score (nSPS) is 9.80. The van der Waals surface area contributed by atoms with Gasteiger partial charge in [-0.05, 0) is 5.56 Å². The lowest BCUT2D eigenvalue weighted by atomic mass is 10.2. The number of nitrogens with zero attached hydrogens (tertiary/aromatic N) is 1. The van der Waals surface area contributed by atoms with E-state index in [1.165, 1.54) is 7.11 Å². The molecule has 5 nitrogen and oxygen atoms in total. The molecule has 0 bridgehead atoms. The maximum absolute atomic E-state index is 11.6. The first-order valence-corrected chi connectivity index (χ1v) is 6.67. The van der Waals surface area contributed by atoms with Crippen molar-refractivity contribution in [3.8, 4) is 6.07 Å². The highest BCUT2D eigenvalue weighted by Crippen LogP contribution is 2.35. The van der Waals surface area contributed by atoms with Gasteiger partial charge in [0.25, 0.3) is 0 Å². The number of nitrogens with one attached hydrogen (secondary N) is 1. The fourth-order valence-electron chi connectivity index (χ4n) is 1.70. The van der Waals surface area contributed by atoms with Crippen LogP contribution in [-0.4, -0.2) is 13.1 Å². The summed E-state index contributed by atoms with van der Waals surface area (Å²) in [7, 11) is 1.28. The van der Waals surface area contributed by atoms with Crippen LogP contribution < -0.4 is 11.1 Å². The Labute approximate surface area is 120 Å². The number of thiophene rings is 1. The van der Waals surface area contributed by atoms with E-state index in [4.69, 9.17) is 11.0 Å². The van der Waals surface area contributed by atoms with E-state index >= 15 is 0 Å². The molecule has 0 unspecified atom stereocenters. The Hall–Kier alpha value is -2.52. The number of nitrogen functional groups attached to an aromatic ring is 1. The van der Waals surface area contributed by atoms with Crippen LogP contribution in [0.3, 0.4) is 0 Å². The highest BCUT2D eigenvalue weighted by molar-refractivity contribution is 7.18. The van der Waals surface area contributed by atoms with Gasteiger partial charge in [0.2, 0.25) is 0 Å². The summed E-state index contributed by atoms with van der Waals surface area (Å²) in [5, 5.41) is 12.9. The quantitative estimate of drug-likeness (QED) is 0.844. The maximum atomic E-state index is 11.6. The molecule has 3 N–H and O–H groups in total. The number of esters is 1. The lowest BCUT2D eigenvalue weighted by molar-refractivity contribution is 0.0607. The van der Waals surface area contributed by atoms with Crippen LogP contribution in [0.2, 0.25) is 0 Å². The van der Waals surface area contributed by atoms with Gasteiger partial charge in [0.15, 0.2) is 0 Å². The van der Waals surface area contributed by atoms with Crippen molar-refractivity contribution in [3.05, 3.63) is 46.3 Å². The van der Waals surface area contributed by atoms with E-state index in [0.717, 1.165) is 16.9 Å². The molecule has 0 saturated carbocycles. The van der Waals surface area contributed by atoms with E-state index in [-0.39, 0.29) is 16.1 Å². The number of carbonyl (C=O) groups is 1. The van der Waals surface area contributed by atoms with Gasteiger partial charge in [-0.1, -0.05) is 30.3 Å². The van der Waals surface area contributed by atoms with Crippen molar-refractivity contribution in [2.24, 2.45) is 0 Å². The number of carbonyl (C=O) groups excluding carboxylic acids is 1. The van der Waals surface area contributed by atoms with Crippen LogP contribution in [0.15, 0.2) is 30.3 Å². The monoisotopic (exact) mass is 287 g/mol. The molecule has 6 heteroatoms. The predicted molar refractivity (Wildman–Crippen MR) is 78.6 cm³/mol. The number of nitriles is 1. The number of methoxy groups -OCH3 is 1. The van der Waals surface area contributed by atoms with Crippen molar-refractivity contribution in [1.29, 1.82) is 5.26 Å². The van der Waals surface area contributed by atoms with E-state index in [1.807, 2.05) is 36.4 Å². The van der Waals surface area contributed by atoms with Gasteiger partial charge in [0.1, 0.15) is 21.5 Å². The maximum Gasteiger partial charge on any atom is 0.350 e. The van der Waals surface area contributed by atoms with Crippen molar-refractivity contribution in [1.82, 2.24) is 0 Å². The number of hydrogen-bond acceptors (Lipinski definition) is 6. The minimum absolute atomic E-state index is 0.167. The molecule has 0 fully saturated rings. The van der Waals surface area contributed by atoms with Crippen LogP contribution in [0.1, 0.15) is 20.8 Å². The number of hydrogen-bond donors (Lipinski definition) is 2. The third-order valence-electron chi connectivity index (χ3n) is 2.72. The van der Waals surface area contributed by atoms with Gasteiger partial charge < -0.3 is 15.8 Å².